The van der Waals surface area contributed by atoms with Gasteiger partial charge in [0.05, 0.1) is 6.04 Å². The first-order chi connectivity index (χ1) is 7.76. The van der Waals surface area contributed by atoms with Crippen molar-refractivity contribution in [3.05, 3.63) is 0 Å². The van der Waals surface area contributed by atoms with Crippen molar-refractivity contribution < 1.29 is 9.53 Å². The lowest BCUT2D eigenvalue weighted by atomic mass is 9.88. The van der Waals surface area contributed by atoms with Crippen molar-refractivity contribution in [3.63, 3.8) is 0 Å². The molecule has 1 aliphatic rings. The minimum absolute atomic E-state index is 0.186. The predicted octanol–water partition coefficient (Wildman–Crippen LogP) is 2.24. The van der Waals surface area contributed by atoms with Crippen LogP contribution >= 0.6 is 0 Å². The SMILES string of the molecule is CNC(C(C)C)C1CCN1C(=O)OC(C)(C)C. The number of likely N-dealkylation sites (tertiary alicyclic amines) is 1. The highest BCUT2D eigenvalue weighted by Gasteiger charge is 2.40. The first-order valence-corrected chi connectivity index (χ1v) is 6.43. The Labute approximate surface area is 105 Å². The first-order valence-electron chi connectivity index (χ1n) is 6.43. The predicted molar refractivity (Wildman–Crippen MR) is 69.0 cm³/mol. The third kappa shape index (κ3) is 3.60. The lowest BCUT2D eigenvalue weighted by Gasteiger charge is -2.46. The molecule has 0 aromatic carbocycles. The van der Waals surface area contributed by atoms with Gasteiger partial charge < -0.3 is 15.0 Å². The van der Waals surface area contributed by atoms with E-state index in [1.807, 2.05) is 32.7 Å². The van der Waals surface area contributed by atoms with Crippen LogP contribution in [0, 0.1) is 5.92 Å². The molecule has 1 N–H and O–H groups in total. The fourth-order valence-electron chi connectivity index (χ4n) is 2.30. The summed E-state index contributed by atoms with van der Waals surface area (Å²) in [5, 5.41) is 3.30. The molecule has 1 aliphatic heterocycles. The Morgan fingerprint density at radius 1 is 1.41 bits per heavy atom. The number of carbonyl (C=O) groups is 1. The van der Waals surface area contributed by atoms with E-state index in [1.54, 1.807) is 0 Å². The highest BCUT2D eigenvalue weighted by Crippen LogP contribution is 2.26. The number of amides is 1. The third-order valence-corrected chi connectivity index (χ3v) is 3.16. The number of hydrogen-bond donors (Lipinski definition) is 1. The van der Waals surface area contributed by atoms with E-state index in [0.29, 0.717) is 12.0 Å². The van der Waals surface area contributed by atoms with Crippen LogP contribution in [0.3, 0.4) is 0 Å². The van der Waals surface area contributed by atoms with Crippen molar-refractivity contribution >= 4 is 6.09 Å². The van der Waals surface area contributed by atoms with Gasteiger partial charge in [0.1, 0.15) is 5.60 Å². The van der Waals surface area contributed by atoms with E-state index in [0.717, 1.165) is 13.0 Å². The van der Waals surface area contributed by atoms with E-state index >= 15 is 0 Å². The van der Waals surface area contributed by atoms with Gasteiger partial charge in [0, 0.05) is 12.6 Å². The van der Waals surface area contributed by atoms with E-state index < -0.39 is 5.60 Å². The average molecular weight is 242 g/mol. The zero-order valence-corrected chi connectivity index (χ0v) is 11.9. The number of rotatable bonds is 3. The van der Waals surface area contributed by atoms with Crippen LogP contribution in [0.4, 0.5) is 4.79 Å². The van der Waals surface area contributed by atoms with Gasteiger partial charge in [-0.15, -0.1) is 0 Å². The Morgan fingerprint density at radius 3 is 2.29 bits per heavy atom. The number of hydrogen-bond acceptors (Lipinski definition) is 3. The summed E-state index contributed by atoms with van der Waals surface area (Å²) < 4.78 is 5.41. The summed E-state index contributed by atoms with van der Waals surface area (Å²) in [5.41, 5.74) is -0.413. The molecule has 0 radical (unpaired) electrons. The van der Waals surface area contributed by atoms with Crippen molar-refractivity contribution in [1.82, 2.24) is 10.2 Å². The van der Waals surface area contributed by atoms with Crippen molar-refractivity contribution in [1.29, 1.82) is 0 Å². The van der Waals surface area contributed by atoms with Crippen molar-refractivity contribution in [2.24, 2.45) is 5.92 Å². The molecular formula is C13H26N2O2. The highest BCUT2D eigenvalue weighted by atomic mass is 16.6. The van der Waals surface area contributed by atoms with Crippen LogP contribution in [0.25, 0.3) is 0 Å². The molecule has 0 aromatic heterocycles. The summed E-state index contributed by atoms with van der Waals surface area (Å²) in [7, 11) is 1.95. The maximum atomic E-state index is 12.0. The van der Waals surface area contributed by atoms with Gasteiger partial charge >= 0.3 is 6.09 Å². The number of nitrogens with zero attached hydrogens (tertiary/aromatic N) is 1. The van der Waals surface area contributed by atoms with Crippen LogP contribution in [0.5, 0.6) is 0 Å². The Hall–Kier alpha value is -0.770. The lowest BCUT2D eigenvalue weighted by molar-refractivity contribution is -0.0159. The fraction of sp³-hybridized carbons (Fsp3) is 0.923. The van der Waals surface area contributed by atoms with Gasteiger partial charge in [-0.05, 0) is 40.2 Å². The first kappa shape index (κ1) is 14.3. The lowest BCUT2D eigenvalue weighted by Crippen LogP contribution is -2.62. The average Bonchev–Trinajstić information content (AvgIpc) is 2.07. The van der Waals surface area contributed by atoms with Gasteiger partial charge in [0.2, 0.25) is 0 Å². The molecule has 1 heterocycles. The van der Waals surface area contributed by atoms with Gasteiger partial charge in [0.25, 0.3) is 0 Å². The third-order valence-electron chi connectivity index (χ3n) is 3.16. The van der Waals surface area contributed by atoms with E-state index in [1.165, 1.54) is 0 Å². The fourth-order valence-corrected chi connectivity index (χ4v) is 2.30. The molecule has 1 saturated heterocycles. The summed E-state index contributed by atoms with van der Waals surface area (Å²) in [6, 6.07) is 0.617. The normalized spacial score (nSPS) is 22.3. The number of nitrogens with one attached hydrogen (secondary N) is 1. The zero-order chi connectivity index (χ0) is 13.2. The van der Waals surface area contributed by atoms with Gasteiger partial charge in [0.15, 0.2) is 0 Å². The largest absolute Gasteiger partial charge is 0.444 e. The molecule has 0 aromatic rings. The monoisotopic (exact) mass is 242 g/mol. The zero-order valence-electron chi connectivity index (χ0n) is 11.9. The molecule has 100 valence electrons. The summed E-state index contributed by atoms with van der Waals surface area (Å²) in [6.07, 6.45) is 0.873. The van der Waals surface area contributed by atoms with Crippen LogP contribution in [0.1, 0.15) is 41.0 Å². The summed E-state index contributed by atoms with van der Waals surface area (Å²) in [6.45, 7) is 10.9. The molecule has 1 amide bonds. The minimum Gasteiger partial charge on any atom is -0.444 e. The molecular weight excluding hydrogens is 216 g/mol. The summed E-state index contributed by atoms with van der Waals surface area (Å²) in [4.78, 5) is 13.8. The maximum Gasteiger partial charge on any atom is 0.410 e. The van der Waals surface area contributed by atoms with Crippen molar-refractivity contribution in [2.45, 2.75) is 58.7 Å². The van der Waals surface area contributed by atoms with Gasteiger partial charge in [-0.1, -0.05) is 13.8 Å². The Kier molecular flexibility index (Phi) is 4.42. The molecule has 0 saturated carbocycles. The van der Waals surface area contributed by atoms with Crippen LogP contribution in [-0.4, -0.2) is 42.3 Å². The van der Waals surface area contributed by atoms with E-state index in [9.17, 15) is 4.79 Å². The maximum absolute atomic E-state index is 12.0. The number of ether oxygens (including phenoxy) is 1. The van der Waals surface area contributed by atoms with Crippen LogP contribution in [0.15, 0.2) is 0 Å². The molecule has 4 heteroatoms. The second kappa shape index (κ2) is 5.25. The van der Waals surface area contributed by atoms with Crippen LogP contribution < -0.4 is 5.32 Å². The Bertz CT molecular complexity index is 271. The number of likely N-dealkylation sites (N-methyl/N-ethyl adjacent to an activating group) is 1. The molecule has 4 nitrogen and oxygen atoms in total. The molecule has 17 heavy (non-hydrogen) atoms. The van der Waals surface area contributed by atoms with Gasteiger partial charge in [-0.2, -0.15) is 0 Å². The standard InChI is InChI=1S/C13H26N2O2/c1-9(2)11(14-6)10-7-8-15(10)12(16)17-13(3,4)5/h9-11,14H,7-8H2,1-6H3. The molecule has 2 atom stereocenters. The summed E-state index contributed by atoms with van der Waals surface area (Å²) >= 11 is 0. The topological polar surface area (TPSA) is 41.6 Å². The molecule has 1 fully saturated rings. The van der Waals surface area contributed by atoms with E-state index in [2.05, 4.69) is 19.2 Å². The van der Waals surface area contributed by atoms with Crippen molar-refractivity contribution in [3.8, 4) is 0 Å². The smallest absolute Gasteiger partial charge is 0.410 e. The molecule has 0 spiro atoms. The highest BCUT2D eigenvalue weighted by molar-refractivity contribution is 5.69. The second-order valence-corrected chi connectivity index (χ2v) is 6.09. The van der Waals surface area contributed by atoms with E-state index in [4.69, 9.17) is 4.74 Å². The van der Waals surface area contributed by atoms with E-state index in [-0.39, 0.29) is 12.1 Å². The van der Waals surface area contributed by atoms with Gasteiger partial charge in [-0.25, -0.2) is 4.79 Å². The Balaban J connectivity index is 2.59. The van der Waals surface area contributed by atoms with Gasteiger partial charge in [-0.3, -0.25) is 0 Å². The minimum atomic E-state index is -0.413. The van der Waals surface area contributed by atoms with Crippen LogP contribution in [-0.2, 0) is 4.74 Å². The molecule has 0 aliphatic carbocycles. The molecule has 0 bridgehead atoms. The van der Waals surface area contributed by atoms with Crippen molar-refractivity contribution in [2.75, 3.05) is 13.6 Å². The molecule has 2 unspecified atom stereocenters. The Morgan fingerprint density at radius 2 is 2.00 bits per heavy atom. The second-order valence-electron chi connectivity index (χ2n) is 6.09. The van der Waals surface area contributed by atoms with Crippen LogP contribution in [0.2, 0.25) is 0 Å². The number of carbonyl (C=O) groups excluding carboxylic acids is 1. The molecule has 1 rings (SSSR count). The summed E-state index contributed by atoms with van der Waals surface area (Å²) in [5.74, 6) is 0.509. The quantitative estimate of drug-likeness (QED) is 0.825.